The van der Waals surface area contributed by atoms with Crippen molar-refractivity contribution in [1.82, 2.24) is 20.4 Å². The van der Waals surface area contributed by atoms with Crippen LogP contribution in [0, 0.1) is 12.8 Å². The summed E-state index contributed by atoms with van der Waals surface area (Å²) in [6.45, 7) is 3.15. The van der Waals surface area contributed by atoms with Crippen molar-refractivity contribution in [1.29, 1.82) is 0 Å². The molecule has 0 aliphatic carbocycles. The molecule has 2 heterocycles. The quantitative estimate of drug-likeness (QED) is 0.103. The van der Waals surface area contributed by atoms with Crippen molar-refractivity contribution in [2.75, 3.05) is 16.6 Å². The fraction of sp³-hybridized carbons (Fsp3) is 0.133. The number of hydrogen-bond donors (Lipinski definition) is 5. The van der Waals surface area contributed by atoms with E-state index in [0.29, 0.717) is 33.5 Å². The number of aromatic amines is 1. The second-order valence-corrected chi connectivity index (χ2v) is 11.9. The second kappa shape index (κ2) is 12.7. The standard InChI is InChI=1S/C30H27ClN6O6S/c1-17(29(38)36-40)16-43-20-8-10-21(11-9-20)44(41,42)37-27-14-12-22(18(2)32-27)30(39)33-19-7-13-24(31)23(15-19)28-34-25-5-3-4-6-26(25)35-28/h3-15,17,40H,16H2,1-2H3,(H,32,37)(H,33,39)(H,34,35)(H,36,38). The van der Waals surface area contributed by atoms with Crippen LogP contribution >= 0.6 is 11.6 Å². The Morgan fingerprint density at radius 2 is 1.77 bits per heavy atom. The van der Waals surface area contributed by atoms with Crippen molar-refractivity contribution in [2.45, 2.75) is 18.7 Å². The Morgan fingerprint density at radius 3 is 2.48 bits per heavy atom. The van der Waals surface area contributed by atoms with Crippen LogP contribution in [-0.2, 0) is 14.8 Å². The van der Waals surface area contributed by atoms with Crippen LogP contribution in [0.5, 0.6) is 5.75 Å². The molecular weight excluding hydrogens is 608 g/mol. The first-order valence-electron chi connectivity index (χ1n) is 13.3. The van der Waals surface area contributed by atoms with Gasteiger partial charge in [0.2, 0.25) is 5.91 Å². The Hall–Kier alpha value is -4.98. The van der Waals surface area contributed by atoms with Crippen molar-refractivity contribution in [2.24, 2.45) is 5.92 Å². The van der Waals surface area contributed by atoms with E-state index < -0.39 is 27.8 Å². The number of para-hydroxylation sites is 2. The molecule has 2 aromatic heterocycles. The van der Waals surface area contributed by atoms with Gasteiger partial charge in [0.15, 0.2) is 0 Å². The molecule has 0 spiro atoms. The number of H-pyrrole nitrogens is 1. The number of nitrogens with one attached hydrogen (secondary N) is 4. The third kappa shape index (κ3) is 6.80. The maximum Gasteiger partial charge on any atom is 0.263 e. The predicted octanol–water partition coefficient (Wildman–Crippen LogP) is 5.16. The molecule has 0 radical (unpaired) electrons. The summed E-state index contributed by atoms with van der Waals surface area (Å²) in [4.78, 5) is 36.5. The van der Waals surface area contributed by atoms with Crippen LogP contribution in [0.4, 0.5) is 11.5 Å². The summed E-state index contributed by atoms with van der Waals surface area (Å²) in [6.07, 6.45) is 0. The summed E-state index contributed by atoms with van der Waals surface area (Å²) < 4.78 is 33.8. The lowest BCUT2D eigenvalue weighted by atomic mass is 10.1. The Labute approximate surface area is 257 Å². The number of anilines is 2. The lowest BCUT2D eigenvalue weighted by molar-refractivity contribution is -0.133. The minimum absolute atomic E-state index is 0.0136. The Bertz CT molecular complexity index is 1930. The van der Waals surface area contributed by atoms with Crippen molar-refractivity contribution >= 4 is 56.0 Å². The minimum atomic E-state index is -4.01. The molecule has 5 N–H and O–H groups in total. The predicted molar refractivity (Wildman–Crippen MR) is 165 cm³/mol. The maximum atomic E-state index is 13.1. The molecule has 0 saturated heterocycles. The molecule has 14 heteroatoms. The van der Waals surface area contributed by atoms with E-state index in [4.69, 9.17) is 21.5 Å². The van der Waals surface area contributed by atoms with Gasteiger partial charge in [-0.25, -0.2) is 23.9 Å². The average Bonchev–Trinajstić information content (AvgIpc) is 3.44. The number of pyridine rings is 1. The molecule has 0 bridgehead atoms. The number of ether oxygens (including phenoxy) is 1. The lowest BCUT2D eigenvalue weighted by Crippen LogP contribution is -2.29. The number of aryl methyl sites for hydroxylation is 1. The molecule has 44 heavy (non-hydrogen) atoms. The highest BCUT2D eigenvalue weighted by atomic mass is 35.5. The monoisotopic (exact) mass is 634 g/mol. The minimum Gasteiger partial charge on any atom is -0.493 e. The molecule has 1 unspecified atom stereocenters. The molecule has 0 fully saturated rings. The topological polar surface area (TPSA) is 175 Å². The van der Waals surface area contributed by atoms with E-state index in [1.165, 1.54) is 36.4 Å². The number of sulfonamides is 1. The summed E-state index contributed by atoms with van der Waals surface area (Å²) >= 11 is 6.43. The molecule has 0 saturated carbocycles. The van der Waals surface area contributed by atoms with E-state index in [1.807, 2.05) is 24.3 Å². The molecule has 2 amide bonds. The number of hydroxylamine groups is 1. The molecule has 0 aliphatic rings. The van der Waals surface area contributed by atoms with Crippen LogP contribution in [0.1, 0.15) is 23.0 Å². The van der Waals surface area contributed by atoms with Crippen LogP contribution in [0.25, 0.3) is 22.4 Å². The SMILES string of the molecule is Cc1nc(NS(=O)(=O)c2ccc(OCC(C)C(=O)NO)cc2)ccc1C(=O)Nc1ccc(Cl)c(-c2nc3ccccc3[nH]2)c1. The molecule has 1 atom stereocenters. The number of rotatable bonds is 10. The first-order valence-corrected chi connectivity index (χ1v) is 15.1. The number of hydrogen-bond acceptors (Lipinski definition) is 8. The van der Waals surface area contributed by atoms with E-state index in [9.17, 15) is 18.0 Å². The van der Waals surface area contributed by atoms with Gasteiger partial charge in [0.05, 0.1) is 44.7 Å². The van der Waals surface area contributed by atoms with E-state index in [-0.39, 0.29) is 22.9 Å². The fourth-order valence-electron chi connectivity index (χ4n) is 4.24. The highest BCUT2D eigenvalue weighted by Gasteiger charge is 2.19. The zero-order valence-corrected chi connectivity index (χ0v) is 25.0. The number of nitrogens with zero attached hydrogens (tertiary/aromatic N) is 2. The second-order valence-electron chi connectivity index (χ2n) is 9.85. The van der Waals surface area contributed by atoms with Crippen LogP contribution in [0.3, 0.4) is 0 Å². The number of fused-ring (bicyclic) bond motifs is 1. The number of carbonyl (C=O) groups is 2. The van der Waals surface area contributed by atoms with E-state index in [0.717, 1.165) is 11.0 Å². The van der Waals surface area contributed by atoms with Gasteiger partial charge in [-0.3, -0.25) is 19.5 Å². The Kier molecular flexibility index (Phi) is 8.81. The molecule has 226 valence electrons. The summed E-state index contributed by atoms with van der Waals surface area (Å²) in [5.41, 5.74) is 4.84. The third-order valence-electron chi connectivity index (χ3n) is 6.63. The third-order valence-corrected chi connectivity index (χ3v) is 8.33. The van der Waals surface area contributed by atoms with Crippen LogP contribution in [0.2, 0.25) is 5.02 Å². The van der Waals surface area contributed by atoms with E-state index in [2.05, 4.69) is 25.0 Å². The highest BCUT2D eigenvalue weighted by molar-refractivity contribution is 7.92. The maximum absolute atomic E-state index is 13.1. The fourth-order valence-corrected chi connectivity index (χ4v) is 5.45. The molecule has 0 aliphatic heterocycles. The largest absolute Gasteiger partial charge is 0.493 e. The molecular formula is C30H27ClN6O6S. The van der Waals surface area contributed by atoms with Gasteiger partial charge in [-0.2, -0.15) is 0 Å². The van der Waals surface area contributed by atoms with Crippen LogP contribution in [-0.4, -0.2) is 47.0 Å². The number of carbonyl (C=O) groups excluding carboxylic acids is 2. The number of imidazole rings is 1. The van der Waals surface area contributed by atoms with E-state index >= 15 is 0 Å². The normalized spacial score (nSPS) is 12.0. The van der Waals surface area contributed by atoms with Gasteiger partial charge in [0.25, 0.3) is 15.9 Å². The highest BCUT2D eigenvalue weighted by Crippen LogP contribution is 2.30. The number of amides is 2. The van der Waals surface area contributed by atoms with Crippen molar-refractivity contribution < 1.29 is 28.0 Å². The van der Waals surface area contributed by atoms with Crippen molar-refractivity contribution in [3.05, 3.63) is 95.1 Å². The molecule has 3 aromatic carbocycles. The lowest BCUT2D eigenvalue weighted by Gasteiger charge is -2.13. The van der Waals surface area contributed by atoms with Crippen molar-refractivity contribution in [3.63, 3.8) is 0 Å². The van der Waals surface area contributed by atoms with E-state index in [1.54, 1.807) is 37.5 Å². The molecule has 12 nitrogen and oxygen atoms in total. The zero-order chi connectivity index (χ0) is 31.4. The van der Waals surface area contributed by atoms with Gasteiger partial charge in [-0.05, 0) is 73.7 Å². The Morgan fingerprint density at radius 1 is 1.02 bits per heavy atom. The summed E-state index contributed by atoms with van der Waals surface area (Å²) in [7, 11) is -4.01. The van der Waals surface area contributed by atoms with Gasteiger partial charge in [0, 0.05) is 11.3 Å². The number of aromatic nitrogens is 3. The smallest absolute Gasteiger partial charge is 0.263 e. The average molecular weight is 635 g/mol. The van der Waals surface area contributed by atoms with Crippen molar-refractivity contribution in [3.8, 4) is 17.1 Å². The van der Waals surface area contributed by atoms with Gasteiger partial charge >= 0.3 is 0 Å². The number of benzene rings is 3. The first-order chi connectivity index (χ1) is 21.0. The molecule has 5 rings (SSSR count). The van der Waals surface area contributed by atoms with Gasteiger partial charge in [-0.1, -0.05) is 30.7 Å². The van der Waals surface area contributed by atoms with Crippen LogP contribution < -0.4 is 20.3 Å². The van der Waals surface area contributed by atoms with Gasteiger partial charge < -0.3 is 15.0 Å². The first kappa shape index (κ1) is 30.5. The zero-order valence-electron chi connectivity index (χ0n) is 23.5. The van der Waals surface area contributed by atoms with Crippen LogP contribution in [0.15, 0.2) is 83.8 Å². The Balaban J connectivity index is 1.25. The summed E-state index contributed by atoms with van der Waals surface area (Å²) in [5.74, 6) is -0.721. The number of halogens is 1. The summed E-state index contributed by atoms with van der Waals surface area (Å²) in [6, 6.07) is 21.1. The van der Waals surface area contributed by atoms with Gasteiger partial charge in [-0.15, -0.1) is 0 Å². The van der Waals surface area contributed by atoms with Gasteiger partial charge in [0.1, 0.15) is 17.4 Å². The summed E-state index contributed by atoms with van der Waals surface area (Å²) in [5, 5.41) is 12.0. The molecule has 5 aromatic rings.